The van der Waals surface area contributed by atoms with Crippen molar-refractivity contribution in [2.75, 3.05) is 6.61 Å². The molecule has 134 valence electrons. The summed E-state index contributed by atoms with van der Waals surface area (Å²) < 4.78 is 5.11. The molecule has 0 aromatic heterocycles. The number of ether oxygens (including phenoxy) is 1. The number of phenolic OH excluding ortho intramolecular Hbond substituents is 1. The van der Waals surface area contributed by atoms with Gasteiger partial charge >= 0.3 is 0 Å². The summed E-state index contributed by atoms with van der Waals surface area (Å²) in [6, 6.07) is 8.65. The first kappa shape index (κ1) is 18.3. The van der Waals surface area contributed by atoms with Crippen LogP contribution in [0.5, 0.6) is 11.5 Å². The molecule has 11 nitrogen and oxygen atoms in total. The molecule has 1 amide bonds. The maximum atomic E-state index is 11.6. The van der Waals surface area contributed by atoms with Crippen LogP contribution in [-0.4, -0.2) is 33.7 Å². The fraction of sp³-hybridized carbons (Fsp3) is 0.0667. The highest BCUT2D eigenvalue weighted by Crippen LogP contribution is 2.21. The summed E-state index contributed by atoms with van der Waals surface area (Å²) in [5, 5.41) is 34.5. The molecule has 0 saturated heterocycles. The molecule has 2 N–H and O–H groups in total. The zero-order valence-electron chi connectivity index (χ0n) is 13.1. The minimum atomic E-state index is -0.669. The number of rotatable bonds is 7. The summed E-state index contributed by atoms with van der Waals surface area (Å²) in [4.78, 5) is 31.7. The average molecular weight is 360 g/mol. The fourth-order valence-corrected chi connectivity index (χ4v) is 1.80. The Hall–Kier alpha value is -4.02. The molecule has 0 unspecified atom stereocenters. The second-order valence-electron chi connectivity index (χ2n) is 4.84. The molecule has 0 bridgehead atoms. The van der Waals surface area contributed by atoms with Crippen molar-refractivity contribution in [2.24, 2.45) is 5.10 Å². The zero-order valence-corrected chi connectivity index (χ0v) is 13.1. The van der Waals surface area contributed by atoms with Crippen molar-refractivity contribution in [1.82, 2.24) is 5.43 Å². The van der Waals surface area contributed by atoms with Crippen LogP contribution in [-0.2, 0) is 4.79 Å². The molecule has 0 saturated carbocycles. The Labute approximate surface area is 145 Å². The van der Waals surface area contributed by atoms with Crippen molar-refractivity contribution in [3.8, 4) is 11.5 Å². The van der Waals surface area contributed by atoms with E-state index in [0.29, 0.717) is 0 Å². The highest BCUT2D eigenvalue weighted by Gasteiger charge is 2.10. The van der Waals surface area contributed by atoms with E-state index in [4.69, 9.17) is 4.74 Å². The molecule has 2 aromatic rings. The Morgan fingerprint density at radius 3 is 2.54 bits per heavy atom. The number of nitro benzene ring substituents is 2. The lowest BCUT2D eigenvalue weighted by Crippen LogP contribution is -2.24. The molecule has 0 aliphatic carbocycles. The number of nitro groups is 2. The quantitative estimate of drug-likeness (QED) is 0.432. The zero-order chi connectivity index (χ0) is 19.1. The Balaban J connectivity index is 1.92. The van der Waals surface area contributed by atoms with Gasteiger partial charge in [0.1, 0.15) is 11.5 Å². The van der Waals surface area contributed by atoms with Crippen LogP contribution in [0.3, 0.4) is 0 Å². The van der Waals surface area contributed by atoms with Gasteiger partial charge in [0.05, 0.1) is 22.1 Å². The molecule has 11 heteroatoms. The lowest BCUT2D eigenvalue weighted by molar-refractivity contribution is -0.385. The number of nitrogens with one attached hydrogen (secondary N) is 1. The predicted octanol–water partition coefficient (Wildman–Crippen LogP) is 1.74. The molecule has 0 aliphatic rings. The number of hydrogen-bond acceptors (Lipinski definition) is 8. The number of non-ortho nitro benzene ring substituents is 2. The van der Waals surface area contributed by atoms with E-state index in [9.17, 15) is 30.1 Å². The number of carbonyl (C=O) groups excluding carboxylic acids is 1. The maximum absolute atomic E-state index is 11.6. The summed E-state index contributed by atoms with van der Waals surface area (Å²) in [6.45, 7) is -0.459. The van der Waals surface area contributed by atoms with Crippen LogP contribution < -0.4 is 10.2 Å². The predicted molar refractivity (Wildman–Crippen MR) is 89.1 cm³/mol. The third kappa shape index (κ3) is 4.99. The van der Waals surface area contributed by atoms with E-state index in [0.717, 1.165) is 30.5 Å². The number of amides is 1. The molecular formula is C15H12N4O7. The van der Waals surface area contributed by atoms with Crippen LogP contribution in [0.2, 0.25) is 0 Å². The van der Waals surface area contributed by atoms with Gasteiger partial charge in [0.25, 0.3) is 17.3 Å². The summed E-state index contributed by atoms with van der Waals surface area (Å²) in [7, 11) is 0. The van der Waals surface area contributed by atoms with Gasteiger partial charge in [-0.25, -0.2) is 5.43 Å². The largest absolute Gasteiger partial charge is 0.507 e. The Morgan fingerprint density at radius 2 is 1.85 bits per heavy atom. The smallest absolute Gasteiger partial charge is 0.277 e. The van der Waals surface area contributed by atoms with E-state index in [1.165, 1.54) is 18.2 Å². The minimum Gasteiger partial charge on any atom is -0.507 e. The van der Waals surface area contributed by atoms with E-state index in [1.807, 2.05) is 0 Å². The van der Waals surface area contributed by atoms with Gasteiger partial charge in [-0.1, -0.05) is 6.07 Å². The third-order valence-electron chi connectivity index (χ3n) is 3.01. The number of nitrogens with zero attached hydrogens (tertiary/aromatic N) is 3. The van der Waals surface area contributed by atoms with E-state index in [2.05, 4.69) is 10.5 Å². The molecule has 0 heterocycles. The Morgan fingerprint density at radius 1 is 1.15 bits per heavy atom. The van der Waals surface area contributed by atoms with Crippen molar-refractivity contribution >= 4 is 23.5 Å². The Kier molecular flexibility index (Phi) is 5.77. The normalized spacial score (nSPS) is 10.5. The molecule has 0 radical (unpaired) electrons. The van der Waals surface area contributed by atoms with Gasteiger partial charge in [0, 0.05) is 23.8 Å². The second kappa shape index (κ2) is 8.19. The van der Waals surface area contributed by atoms with Crippen LogP contribution >= 0.6 is 0 Å². The van der Waals surface area contributed by atoms with Crippen LogP contribution in [0.25, 0.3) is 0 Å². The molecule has 0 atom stereocenters. The van der Waals surface area contributed by atoms with Gasteiger partial charge < -0.3 is 9.84 Å². The molecule has 0 aliphatic heterocycles. The Bertz CT molecular complexity index is 882. The van der Waals surface area contributed by atoms with Crippen LogP contribution in [0.1, 0.15) is 5.56 Å². The van der Waals surface area contributed by atoms with E-state index < -0.39 is 22.4 Å². The van der Waals surface area contributed by atoms with Crippen LogP contribution in [0.4, 0.5) is 11.4 Å². The van der Waals surface area contributed by atoms with E-state index in [1.54, 1.807) is 0 Å². The second-order valence-corrected chi connectivity index (χ2v) is 4.84. The number of hydrazone groups is 1. The fourth-order valence-electron chi connectivity index (χ4n) is 1.80. The van der Waals surface area contributed by atoms with Gasteiger partial charge in [-0.05, 0) is 12.1 Å². The van der Waals surface area contributed by atoms with Crippen LogP contribution in [0, 0.1) is 20.2 Å². The first-order valence-corrected chi connectivity index (χ1v) is 7.03. The minimum absolute atomic E-state index is 0.0408. The summed E-state index contributed by atoms with van der Waals surface area (Å²) in [6.07, 6.45) is 1.04. The van der Waals surface area contributed by atoms with Crippen molar-refractivity contribution in [3.63, 3.8) is 0 Å². The molecule has 0 fully saturated rings. The topological polar surface area (TPSA) is 157 Å². The van der Waals surface area contributed by atoms with E-state index in [-0.39, 0.29) is 28.4 Å². The molecule has 0 spiro atoms. The number of phenols is 1. The standard InChI is InChI=1S/C15H12N4O7/c20-14-5-4-12(19(24)25)6-10(14)8-16-17-15(21)9-26-13-3-1-2-11(7-13)18(22)23/h1-8,20H,9H2,(H,17,21). The monoisotopic (exact) mass is 360 g/mol. The van der Waals surface area contributed by atoms with Crippen molar-refractivity contribution in [2.45, 2.75) is 0 Å². The number of benzene rings is 2. The first-order chi connectivity index (χ1) is 12.4. The molecule has 2 aromatic carbocycles. The third-order valence-corrected chi connectivity index (χ3v) is 3.01. The van der Waals surface area contributed by atoms with Gasteiger partial charge in [0.15, 0.2) is 6.61 Å². The molecule has 26 heavy (non-hydrogen) atoms. The number of carbonyl (C=O) groups is 1. The van der Waals surface area contributed by atoms with Crippen LogP contribution in [0.15, 0.2) is 47.6 Å². The lowest BCUT2D eigenvalue weighted by Gasteiger charge is -2.04. The molecule has 2 rings (SSSR count). The van der Waals surface area contributed by atoms with Gasteiger partial charge in [-0.3, -0.25) is 25.0 Å². The first-order valence-electron chi connectivity index (χ1n) is 7.03. The maximum Gasteiger partial charge on any atom is 0.277 e. The van der Waals surface area contributed by atoms with Gasteiger partial charge in [-0.2, -0.15) is 5.10 Å². The van der Waals surface area contributed by atoms with E-state index >= 15 is 0 Å². The van der Waals surface area contributed by atoms with Gasteiger partial charge in [-0.15, -0.1) is 0 Å². The highest BCUT2D eigenvalue weighted by atomic mass is 16.6. The van der Waals surface area contributed by atoms with Crippen molar-refractivity contribution < 1.29 is 24.5 Å². The van der Waals surface area contributed by atoms with Crippen molar-refractivity contribution in [3.05, 3.63) is 68.3 Å². The van der Waals surface area contributed by atoms with Gasteiger partial charge in [0.2, 0.25) is 0 Å². The number of hydrogen-bond donors (Lipinski definition) is 2. The summed E-state index contributed by atoms with van der Waals surface area (Å²) in [5.41, 5.74) is 1.72. The SMILES string of the molecule is O=C(COc1cccc([N+](=O)[O-])c1)NN=Cc1cc([N+](=O)[O-])ccc1O. The lowest BCUT2D eigenvalue weighted by atomic mass is 10.2. The summed E-state index contributed by atoms with van der Waals surface area (Å²) in [5.74, 6) is -0.784. The summed E-state index contributed by atoms with van der Waals surface area (Å²) >= 11 is 0. The average Bonchev–Trinajstić information content (AvgIpc) is 2.61. The van der Waals surface area contributed by atoms with Crippen molar-refractivity contribution in [1.29, 1.82) is 0 Å². The molecular weight excluding hydrogens is 348 g/mol. The number of aromatic hydroxyl groups is 1. The highest BCUT2D eigenvalue weighted by molar-refractivity contribution is 5.86.